The second kappa shape index (κ2) is 7.94. The summed E-state index contributed by atoms with van der Waals surface area (Å²) in [5.74, 6) is 0. The summed E-state index contributed by atoms with van der Waals surface area (Å²) in [5, 5.41) is 3.66. The molecule has 20 heavy (non-hydrogen) atoms. The number of allylic oxidation sites excluding steroid dienone is 2. The third-order valence-electron chi connectivity index (χ3n) is 2.20. The molecule has 0 bridgehead atoms. The summed E-state index contributed by atoms with van der Waals surface area (Å²) >= 11 is 0. The minimum Gasteiger partial charge on any atom is -0.309 e. The fourth-order valence-electron chi connectivity index (χ4n) is 1.42. The summed E-state index contributed by atoms with van der Waals surface area (Å²) < 4.78 is 23.4. The standard InChI is InChI=1S/C11H18N3O5P/c1-3-18-20(17,19-4-2)8-6-5-7-14-11(16)13-10(15)9-12-14/h5-6,9H,3-4,7-8H2,1-2H3,(H,13,15,16). The molecule has 0 aliphatic heterocycles. The van der Waals surface area contributed by atoms with E-state index in [-0.39, 0.29) is 12.7 Å². The molecule has 0 saturated carbocycles. The minimum absolute atomic E-state index is 0.118. The maximum Gasteiger partial charge on any atom is 0.345 e. The lowest BCUT2D eigenvalue weighted by molar-refractivity contribution is 0.222. The molecule has 1 heterocycles. The first-order valence-electron chi connectivity index (χ1n) is 6.20. The fourth-order valence-corrected chi connectivity index (χ4v) is 2.90. The van der Waals surface area contributed by atoms with Crippen molar-refractivity contribution in [2.24, 2.45) is 0 Å². The van der Waals surface area contributed by atoms with E-state index in [1.54, 1.807) is 26.0 Å². The van der Waals surface area contributed by atoms with E-state index in [0.29, 0.717) is 13.2 Å². The van der Waals surface area contributed by atoms with Gasteiger partial charge in [-0.15, -0.1) is 0 Å². The van der Waals surface area contributed by atoms with Crippen LogP contribution in [0, 0.1) is 0 Å². The summed E-state index contributed by atoms with van der Waals surface area (Å²) in [6.45, 7) is 4.23. The monoisotopic (exact) mass is 303 g/mol. The molecule has 0 aromatic carbocycles. The number of hydrogen-bond acceptors (Lipinski definition) is 6. The van der Waals surface area contributed by atoms with Crippen LogP contribution in [0.15, 0.2) is 27.9 Å². The number of hydrogen-bond donors (Lipinski definition) is 1. The normalized spacial score (nSPS) is 12.1. The molecule has 0 unspecified atom stereocenters. The van der Waals surface area contributed by atoms with Gasteiger partial charge in [0.25, 0.3) is 5.56 Å². The van der Waals surface area contributed by atoms with E-state index in [9.17, 15) is 14.2 Å². The van der Waals surface area contributed by atoms with Crippen LogP contribution in [0.3, 0.4) is 0 Å². The molecule has 0 atom stereocenters. The van der Waals surface area contributed by atoms with Crippen molar-refractivity contribution in [3.8, 4) is 0 Å². The lowest BCUT2D eigenvalue weighted by Crippen LogP contribution is -2.31. The molecular formula is C11H18N3O5P. The molecule has 1 rings (SSSR count). The van der Waals surface area contributed by atoms with Gasteiger partial charge in [0, 0.05) is 0 Å². The maximum absolute atomic E-state index is 12.1. The second-order valence-electron chi connectivity index (χ2n) is 3.72. The van der Waals surface area contributed by atoms with Crippen molar-refractivity contribution in [3.63, 3.8) is 0 Å². The van der Waals surface area contributed by atoms with Gasteiger partial charge in [-0.2, -0.15) is 5.10 Å². The van der Waals surface area contributed by atoms with Crippen LogP contribution < -0.4 is 11.2 Å². The highest BCUT2D eigenvalue weighted by molar-refractivity contribution is 7.54. The number of nitrogens with one attached hydrogen (secondary N) is 1. The van der Waals surface area contributed by atoms with Gasteiger partial charge in [-0.25, -0.2) is 9.48 Å². The molecule has 9 heteroatoms. The Labute approximate surface area is 116 Å². The van der Waals surface area contributed by atoms with E-state index in [2.05, 4.69) is 10.1 Å². The molecule has 0 radical (unpaired) electrons. The Kier molecular flexibility index (Phi) is 6.57. The zero-order valence-electron chi connectivity index (χ0n) is 11.4. The van der Waals surface area contributed by atoms with Crippen LogP contribution in [0.1, 0.15) is 13.8 Å². The van der Waals surface area contributed by atoms with Gasteiger partial charge in [0.15, 0.2) is 0 Å². The average molecular weight is 303 g/mol. The van der Waals surface area contributed by atoms with Crippen LogP contribution >= 0.6 is 7.60 Å². The topological polar surface area (TPSA) is 103 Å². The van der Waals surface area contributed by atoms with Gasteiger partial charge in [0.2, 0.25) is 0 Å². The van der Waals surface area contributed by atoms with Gasteiger partial charge in [0.1, 0.15) is 6.20 Å². The minimum atomic E-state index is -3.11. The van der Waals surface area contributed by atoms with E-state index in [0.717, 1.165) is 10.9 Å². The van der Waals surface area contributed by atoms with E-state index in [1.807, 2.05) is 0 Å². The Bertz CT molecular complexity index is 597. The van der Waals surface area contributed by atoms with Crippen molar-refractivity contribution in [3.05, 3.63) is 39.2 Å². The molecule has 0 aliphatic carbocycles. The van der Waals surface area contributed by atoms with E-state index < -0.39 is 18.8 Å². The molecule has 1 aromatic rings. The highest BCUT2D eigenvalue weighted by Crippen LogP contribution is 2.47. The van der Waals surface area contributed by atoms with Crippen LogP contribution in [-0.4, -0.2) is 34.1 Å². The summed E-state index contributed by atoms with van der Waals surface area (Å²) in [6, 6.07) is 0. The number of nitrogens with zero attached hydrogens (tertiary/aromatic N) is 2. The van der Waals surface area contributed by atoms with Gasteiger partial charge in [0.05, 0.1) is 25.9 Å². The van der Waals surface area contributed by atoms with Crippen molar-refractivity contribution in [2.75, 3.05) is 19.4 Å². The molecule has 1 aromatic heterocycles. The molecule has 1 N–H and O–H groups in total. The van der Waals surface area contributed by atoms with E-state index in [1.165, 1.54) is 0 Å². The second-order valence-corrected chi connectivity index (χ2v) is 5.82. The number of aromatic amines is 1. The Hall–Kier alpha value is -1.50. The highest BCUT2D eigenvalue weighted by atomic mass is 31.2. The van der Waals surface area contributed by atoms with Gasteiger partial charge < -0.3 is 9.05 Å². The molecule has 112 valence electrons. The van der Waals surface area contributed by atoms with Crippen LogP contribution in [0.2, 0.25) is 0 Å². The summed E-state index contributed by atoms with van der Waals surface area (Å²) in [4.78, 5) is 24.3. The quantitative estimate of drug-likeness (QED) is 0.561. The first kappa shape index (κ1) is 16.6. The first-order chi connectivity index (χ1) is 9.50. The third kappa shape index (κ3) is 5.24. The number of H-pyrrole nitrogens is 1. The lowest BCUT2D eigenvalue weighted by Gasteiger charge is -2.14. The van der Waals surface area contributed by atoms with Crippen LogP contribution in [0.5, 0.6) is 0 Å². The van der Waals surface area contributed by atoms with E-state index in [4.69, 9.17) is 9.05 Å². The summed E-state index contributed by atoms with van der Waals surface area (Å²) in [5.41, 5.74) is -1.15. The Morgan fingerprint density at radius 3 is 2.50 bits per heavy atom. The molecule has 8 nitrogen and oxygen atoms in total. The predicted octanol–water partition coefficient (Wildman–Crippen LogP) is 0.754. The van der Waals surface area contributed by atoms with Gasteiger partial charge in [-0.1, -0.05) is 12.2 Å². The van der Waals surface area contributed by atoms with Crippen molar-refractivity contribution in [1.29, 1.82) is 0 Å². The SMILES string of the molecule is CCOP(=O)(CC=CCn1ncc(=O)[nH]c1=O)OCC. The van der Waals surface area contributed by atoms with E-state index >= 15 is 0 Å². The van der Waals surface area contributed by atoms with Crippen molar-refractivity contribution in [2.45, 2.75) is 20.4 Å². The van der Waals surface area contributed by atoms with Gasteiger partial charge in [-0.3, -0.25) is 14.3 Å². The molecule has 0 fully saturated rings. The first-order valence-corrected chi connectivity index (χ1v) is 7.93. The predicted molar refractivity (Wildman–Crippen MR) is 74.0 cm³/mol. The Balaban J connectivity index is 2.62. The lowest BCUT2D eigenvalue weighted by atomic mass is 10.5. The number of aromatic nitrogens is 3. The van der Waals surface area contributed by atoms with Crippen LogP contribution in [0.25, 0.3) is 0 Å². The smallest absolute Gasteiger partial charge is 0.309 e. The average Bonchev–Trinajstić information content (AvgIpc) is 2.37. The van der Waals surface area contributed by atoms with Gasteiger partial charge in [-0.05, 0) is 13.8 Å². The maximum atomic E-state index is 12.1. The number of rotatable bonds is 8. The molecule has 0 spiro atoms. The highest BCUT2D eigenvalue weighted by Gasteiger charge is 2.20. The van der Waals surface area contributed by atoms with Crippen LogP contribution in [0.4, 0.5) is 0 Å². The molecule has 0 saturated heterocycles. The van der Waals surface area contributed by atoms with Crippen LogP contribution in [-0.2, 0) is 20.2 Å². The van der Waals surface area contributed by atoms with Gasteiger partial charge >= 0.3 is 13.3 Å². The Morgan fingerprint density at radius 1 is 1.30 bits per heavy atom. The fraction of sp³-hybridized carbons (Fsp3) is 0.545. The third-order valence-corrected chi connectivity index (χ3v) is 4.17. The largest absolute Gasteiger partial charge is 0.345 e. The zero-order valence-corrected chi connectivity index (χ0v) is 12.3. The van der Waals surface area contributed by atoms with Crippen molar-refractivity contribution >= 4 is 7.60 Å². The molecular weight excluding hydrogens is 285 g/mol. The Morgan fingerprint density at radius 2 is 1.95 bits per heavy atom. The van der Waals surface area contributed by atoms with Crippen molar-refractivity contribution < 1.29 is 13.6 Å². The summed E-state index contributed by atoms with van der Waals surface area (Å²) in [6.07, 6.45) is 4.34. The summed E-state index contributed by atoms with van der Waals surface area (Å²) in [7, 11) is -3.11. The molecule has 0 aliphatic rings. The zero-order chi connectivity index (χ0) is 15.0. The van der Waals surface area contributed by atoms with Crippen molar-refractivity contribution in [1.82, 2.24) is 14.8 Å². The molecule has 0 amide bonds.